The van der Waals surface area contributed by atoms with E-state index in [1.54, 1.807) is 11.8 Å². The maximum absolute atomic E-state index is 11.7. The van der Waals surface area contributed by atoms with Crippen molar-refractivity contribution in [2.24, 2.45) is 4.99 Å². The number of hydrogen-bond acceptors (Lipinski definition) is 4. The number of hydrogen-bond donors (Lipinski definition) is 1. The minimum Gasteiger partial charge on any atom is -0.312 e. The lowest BCUT2D eigenvalue weighted by Crippen LogP contribution is -2.33. The van der Waals surface area contributed by atoms with E-state index in [2.05, 4.69) is 10.3 Å². The predicted octanol–water partition coefficient (Wildman–Crippen LogP) is 2.41. The summed E-state index contributed by atoms with van der Waals surface area (Å²) < 4.78 is 0. The van der Waals surface area contributed by atoms with Crippen LogP contribution in [0.5, 0.6) is 0 Å². The number of nitrogens with zero attached hydrogens (tertiary/aromatic N) is 3. The van der Waals surface area contributed by atoms with Gasteiger partial charge < -0.3 is 4.90 Å². The van der Waals surface area contributed by atoms with Crippen molar-refractivity contribution in [3.05, 3.63) is 23.8 Å². The van der Waals surface area contributed by atoms with Gasteiger partial charge in [0.15, 0.2) is 11.4 Å². The lowest BCUT2D eigenvalue weighted by molar-refractivity contribution is -0.116. The van der Waals surface area contributed by atoms with Crippen molar-refractivity contribution in [3.8, 4) is 6.19 Å². The lowest BCUT2D eigenvalue weighted by atomic mass is 10.0. The Hall–Kier alpha value is -2.00. The van der Waals surface area contributed by atoms with E-state index >= 15 is 0 Å². The molecule has 1 aliphatic heterocycles. The summed E-state index contributed by atoms with van der Waals surface area (Å²) in [5.74, 6) is 0.0484. The van der Waals surface area contributed by atoms with Gasteiger partial charge in [0, 0.05) is 19.2 Å². The molecule has 0 fully saturated rings. The number of benzene rings is 1. The fourth-order valence-corrected chi connectivity index (χ4v) is 2.59. The van der Waals surface area contributed by atoms with E-state index in [1.165, 1.54) is 17.3 Å². The Morgan fingerprint density at radius 3 is 3.00 bits per heavy atom. The third kappa shape index (κ3) is 3.11. The van der Waals surface area contributed by atoms with Gasteiger partial charge in [0.1, 0.15) is 0 Å². The minimum absolute atomic E-state index is 0.0484. The molecule has 0 spiro atoms. The van der Waals surface area contributed by atoms with E-state index < -0.39 is 0 Å². The molecule has 1 amide bonds. The molecule has 104 valence electrons. The summed E-state index contributed by atoms with van der Waals surface area (Å²) in [7, 11) is 0. The van der Waals surface area contributed by atoms with Crippen molar-refractivity contribution in [1.29, 1.82) is 5.26 Å². The maximum Gasteiger partial charge on any atom is 0.223 e. The first-order valence-electron chi connectivity index (χ1n) is 6.34. The van der Waals surface area contributed by atoms with Gasteiger partial charge in [-0.15, -0.1) is 0 Å². The molecule has 1 aromatic rings. The number of carbonyl (C=O) groups excluding carboxylic acids is 1. The van der Waals surface area contributed by atoms with Crippen LogP contribution in [-0.4, -0.2) is 23.9 Å². The number of rotatable bonds is 1. The molecule has 1 N–H and O–H groups in total. The molecule has 2 rings (SSSR count). The topological polar surface area (TPSA) is 68.5 Å². The van der Waals surface area contributed by atoms with E-state index in [9.17, 15) is 4.79 Å². The summed E-state index contributed by atoms with van der Waals surface area (Å²) in [5.41, 5.74) is 2.84. The van der Waals surface area contributed by atoms with E-state index in [-0.39, 0.29) is 5.91 Å². The number of aryl methyl sites for hydroxylation is 1. The average molecular weight is 288 g/mol. The minimum atomic E-state index is 0.0484. The quantitative estimate of drug-likeness (QED) is 0.373. The van der Waals surface area contributed by atoms with Crippen LogP contribution in [0.2, 0.25) is 0 Å². The van der Waals surface area contributed by atoms with E-state index in [0.29, 0.717) is 5.17 Å². The van der Waals surface area contributed by atoms with Gasteiger partial charge in [-0.3, -0.25) is 10.1 Å². The Kier molecular flexibility index (Phi) is 4.64. The molecule has 0 radical (unpaired) electrons. The number of amides is 1. The molecule has 0 saturated heterocycles. The van der Waals surface area contributed by atoms with Crippen LogP contribution in [0.1, 0.15) is 18.9 Å². The third-order valence-corrected chi connectivity index (χ3v) is 3.73. The zero-order chi connectivity index (χ0) is 14.5. The Labute approximate surface area is 122 Å². The Morgan fingerprint density at radius 2 is 2.35 bits per heavy atom. The molecule has 0 atom stereocenters. The highest BCUT2D eigenvalue weighted by atomic mass is 32.2. The number of nitriles is 1. The molecule has 0 unspecified atom stereocenters. The van der Waals surface area contributed by atoms with Crippen LogP contribution >= 0.6 is 11.8 Å². The van der Waals surface area contributed by atoms with Gasteiger partial charge in [-0.25, -0.2) is 4.99 Å². The van der Waals surface area contributed by atoms with Gasteiger partial charge in [0.25, 0.3) is 0 Å². The van der Waals surface area contributed by atoms with Crippen LogP contribution in [-0.2, 0) is 11.2 Å². The maximum atomic E-state index is 11.7. The van der Waals surface area contributed by atoms with E-state index in [0.717, 1.165) is 30.8 Å². The number of aliphatic imine (C=N–C) groups is 1. The van der Waals surface area contributed by atoms with Gasteiger partial charge in [-0.1, -0.05) is 17.8 Å². The van der Waals surface area contributed by atoms with Crippen LogP contribution in [0.3, 0.4) is 0 Å². The van der Waals surface area contributed by atoms with Gasteiger partial charge >= 0.3 is 0 Å². The fraction of sp³-hybridized carbons (Fsp3) is 0.357. The van der Waals surface area contributed by atoms with Crippen molar-refractivity contribution in [2.75, 3.05) is 17.7 Å². The van der Waals surface area contributed by atoms with Gasteiger partial charge in [0.05, 0.1) is 5.69 Å². The Morgan fingerprint density at radius 1 is 1.55 bits per heavy atom. The molecule has 20 heavy (non-hydrogen) atoms. The second kappa shape index (κ2) is 6.44. The molecule has 1 aromatic carbocycles. The summed E-state index contributed by atoms with van der Waals surface area (Å²) in [6.07, 6.45) is 5.68. The van der Waals surface area contributed by atoms with Crippen LogP contribution in [0, 0.1) is 11.5 Å². The standard InChI is InChI=1S/C14H16N4OS/c1-10(19)18-7-3-4-11-5-6-12(8-13(11)18)17-14(20-2)16-9-15/h5-6,8H,3-4,7H2,1-2H3,(H,16,17). The molecular formula is C14H16N4OS. The SMILES string of the molecule is CSC(=Nc1ccc2c(c1)N(C(C)=O)CCC2)NC#N. The summed E-state index contributed by atoms with van der Waals surface area (Å²) >= 11 is 1.37. The zero-order valence-corrected chi connectivity index (χ0v) is 12.3. The molecule has 5 nitrogen and oxygen atoms in total. The number of amidine groups is 1. The van der Waals surface area contributed by atoms with E-state index in [4.69, 9.17) is 5.26 Å². The summed E-state index contributed by atoms with van der Waals surface area (Å²) in [6.45, 7) is 2.33. The number of anilines is 1. The third-order valence-electron chi connectivity index (χ3n) is 3.15. The first-order valence-corrected chi connectivity index (χ1v) is 7.57. The van der Waals surface area contributed by atoms with Gasteiger partial charge in [0.2, 0.25) is 5.91 Å². The van der Waals surface area contributed by atoms with Gasteiger partial charge in [-0.2, -0.15) is 5.26 Å². The summed E-state index contributed by atoms with van der Waals surface area (Å²) in [4.78, 5) is 17.8. The lowest BCUT2D eigenvalue weighted by Gasteiger charge is -2.28. The van der Waals surface area contributed by atoms with Crippen LogP contribution in [0.4, 0.5) is 11.4 Å². The Bertz CT molecular complexity index is 591. The number of fused-ring (bicyclic) bond motifs is 1. The highest BCUT2D eigenvalue weighted by Gasteiger charge is 2.20. The average Bonchev–Trinajstić information content (AvgIpc) is 2.45. The molecule has 1 heterocycles. The van der Waals surface area contributed by atoms with Crippen molar-refractivity contribution in [1.82, 2.24) is 5.32 Å². The number of carbonyl (C=O) groups is 1. The van der Waals surface area contributed by atoms with Crippen LogP contribution in [0.15, 0.2) is 23.2 Å². The normalized spacial score (nSPS) is 14.4. The first-order chi connectivity index (χ1) is 9.65. The largest absolute Gasteiger partial charge is 0.312 e. The summed E-state index contributed by atoms with van der Waals surface area (Å²) in [6, 6.07) is 5.83. The van der Waals surface area contributed by atoms with Crippen molar-refractivity contribution in [2.45, 2.75) is 19.8 Å². The molecular weight excluding hydrogens is 272 g/mol. The van der Waals surface area contributed by atoms with Crippen molar-refractivity contribution < 1.29 is 4.79 Å². The highest BCUT2D eigenvalue weighted by Crippen LogP contribution is 2.31. The number of thioether (sulfide) groups is 1. The second-order valence-electron chi connectivity index (χ2n) is 4.45. The van der Waals surface area contributed by atoms with Crippen LogP contribution in [0.25, 0.3) is 0 Å². The molecule has 0 aromatic heterocycles. The first kappa shape index (κ1) is 14.4. The molecule has 0 saturated carbocycles. The highest BCUT2D eigenvalue weighted by molar-refractivity contribution is 8.13. The second-order valence-corrected chi connectivity index (χ2v) is 5.24. The number of nitrogens with one attached hydrogen (secondary N) is 1. The zero-order valence-electron chi connectivity index (χ0n) is 11.5. The smallest absolute Gasteiger partial charge is 0.223 e. The monoisotopic (exact) mass is 288 g/mol. The predicted molar refractivity (Wildman–Crippen MR) is 82.1 cm³/mol. The molecule has 0 bridgehead atoms. The molecule has 0 aliphatic carbocycles. The Balaban J connectivity index is 2.37. The van der Waals surface area contributed by atoms with E-state index in [1.807, 2.05) is 30.6 Å². The summed E-state index contributed by atoms with van der Waals surface area (Å²) in [5, 5.41) is 11.7. The fourth-order valence-electron chi connectivity index (χ4n) is 2.25. The van der Waals surface area contributed by atoms with Gasteiger partial charge in [-0.05, 0) is 36.8 Å². The van der Waals surface area contributed by atoms with Crippen LogP contribution < -0.4 is 10.2 Å². The molecule has 6 heteroatoms. The molecule has 1 aliphatic rings. The van der Waals surface area contributed by atoms with Crippen molar-refractivity contribution >= 4 is 34.2 Å². The van der Waals surface area contributed by atoms with Crippen molar-refractivity contribution in [3.63, 3.8) is 0 Å².